The molecule has 0 spiro atoms. The standard InChI is InChI=1S/C12H15N3O2/c1-2-17-11(16)10-12(5-8(12)6-14-10)9-3-4-13-7-15-9/h3-4,7-8,10,14H,2,5-6H2,1H3. The highest BCUT2D eigenvalue weighted by atomic mass is 16.5. The summed E-state index contributed by atoms with van der Waals surface area (Å²) in [6, 6.07) is 1.65. The Morgan fingerprint density at radius 1 is 1.71 bits per heavy atom. The van der Waals surface area contributed by atoms with E-state index in [0.29, 0.717) is 12.5 Å². The summed E-state index contributed by atoms with van der Waals surface area (Å²) in [4.78, 5) is 20.2. The molecule has 1 saturated carbocycles. The molecule has 3 rings (SSSR count). The van der Waals surface area contributed by atoms with Crippen molar-refractivity contribution in [3.8, 4) is 0 Å². The average molecular weight is 233 g/mol. The number of fused-ring (bicyclic) bond motifs is 1. The first kappa shape index (κ1) is 10.7. The molecule has 2 aliphatic rings. The average Bonchev–Trinajstić information content (AvgIpc) is 2.97. The van der Waals surface area contributed by atoms with Gasteiger partial charge in [0.15, 0.2) is 0 Å². The van der Waals surface area contributed by atoms with Crippen LogP contribution < -0.4 is 5.32 Å². The van der Waals surface area contributed by atoms with E-state index in [9.17, 15) is 4.79 Å². The minimum absolute atomic E-state index is 0.144. The van der Waals surface area contributed by atoms with Crippen molar-refractivity contribution in [3.05, 3.63) is 24.3 Å². The maximum Gasteiger partial charge on any atom is 0.324 e. The van der Waals surface area contributed by atoms with Gasteiger partial charge in [0.2, 0.25) is 0 Å². The monoisotopic (exact) mass is 233 g/mol. The van der Waals surface area contributed by atoms with Crippen LogP contribution in [0.25, 0.3) is 0 Å². The third-order valence-corrected chi connectivity index (χ3v) is 3.82. The normalized spacial score (nSPS) is 34.2. The van der Waals surface area contributed by atoms with Crippen molar-refractivity contribution in [2.75, 3.05) is 13.2 Å². The summed E-state index contributed by atoms with van der Waals surface area (Å²) in [5, 5.41) is 3.25. The smallest absolute Gasteiger partial charge is 0.324 e. The summed E-state index contributed by atoms with van der Waals surface area (Å²) in [6.07, 6.45) is 4.29. The van der Waals surface area contributed by atoms with Crippen LogP contribution in [-0.2, 0) is 14.9 Å². The maximum atomic E-state index is 11.9. The van der Waals surface area contributed by atoms with Gasteiger partial charge in [0.1, 0.15) is 12.4 Å². The first-order valence-electron chi connectivity index (χ1n) is 5.95. The van der Waals surface area contributed by atoms with E-state index in [4.69, 9.17) is 4.74 Å². The van der Waals surface area contributed by atoms with Crippen molar-refractivity contribution in [1.29, 1.82) is 0 Å². The van der Waals surface area contributed by atoms with Crippen molar-refractivity contribution in [2.24, 2.45) is 5.92 Å². The molecule has 3 atom stereocenters. The fourth-order valence-corrected chi connectivity index (χ4v) is 2.95. The third kappa shape index (κ3) is 1.45. The van der Waals surface area contributed by atoms with E-state index < -0.39 is 0 Å². The Bertz CT molecular complexity index is 437. The van der Waals surface area contributed by atoms with Crippen LogP contribution in [0.1, 0.15) is 19.0 Å². The molecule has 3 unspecified atom stereocenters. The molecule has 0 bridgehead atoms. The van der Waals surface area contributed by atoms with Crippen molar-refractivity contribution in [2.45, 2.75) is 24.8 Å². The van der Waals surface area contributed by atoms with Gasteiger partial charge in [-0.25, -0.2) is 9.97 Å². The van der Waals surface area contributed by atoms with Gasteiger partial charge in [-0.15, -0.1) is 0 Å². The van der Waals surface area contributed by atoms with E-state index in [1.165, 1.54) is 0 Å². The lowest BCUT2D eigenvalue weighted by Gasteiger charge is -2.21. The van der Waals surface area contributed by atoms with Gasteiger partial charge in [0.05, 0.1) is 12.3 Å². The van der Waals surface area contributed by atoms with Crippen LogP contribution in [0.3, 0.4) is 0 Å². The molecule has 2 heterocycles. The summed E-state index contributed by atoms with van der Waals surface area (Å²) in [7, 11) is 0. The zero-order valence-electron chi connectivity index (χ0n) is 9.72. The van der Waals surface area contributed by atoms with E-state index in [1.54, 1.807) is 12.5 Å². The zero-order valence-corrected chi connectivity index (χ0v) is 9.72. The van der Waals surface area contributed by atoms with Gasteiger partial charge in [-0.1, -0.05) is 0 Å². The number of esters is 1. The summed E-state index contributed by atoms with van der Waals surface area (Å²) >= 11 is 0. The molecule has 2 fully saturated rings. The lowest BCUT2D eigenvalue weighted by Crippen LogP contribution is -2.43. The Labute approximate surface area is 99.6 Å². The van der Waals surface area contributed by atoms with Crippen molar-refractivity contribution in [3.63, 3.8) is 0 Å². The first-order chi connectivity index (χ1) is 8.29. The molecule has 1 aromatic heterocycles. The predicted molar refractivity (Wildman–Crippen MR) is 60.2 cm³/mol. The number of hydrogen-bond donors (Lipinski definition) is 1. The SMILES string of the molecule is CCOC(=O)C1NCC2CC21c1ccncn1. The van der Waals surface area contributed by atoms with Crippen LogP contribution in [-0.4, -0.2) is 35.1 Å². The Balaban J connectivity index is 1.90. The van der Waals surface area contributed by atoms with Gasteiger partial charge >= 0.3 is 5.97 Å². The van der Waals surface area contributed by atoms with E-state index in [1.807, 2.05) is 13.0 Å². The molecular weight excluding hydrogens is 218 g/mol. The second-order valence-corrected chi connectivity index (χ2v) is 4.63. The number of carbonyl (C=O) groups is 1. The molecule has 5 nitrogen and oxygen atoms in total. The van der Waals surface area contributed by atoms with E-state index >= 15 is 0 Å². The Hall–Kier alpha value is -1.49. The van der Waals surface area contributed by atoms with Crippen LogP contribution in [0, 0.1) is 5.92 Å². The summed E-state index contributed by atoms with van der Waals surface area (Å²) in [5.41, 5.74) is 0.815. The summed E-state index contributed by atoms with van der Waals surface area (Å²) in [5.74, 6) is 0.345. The van der Waals surface area contributed by atoms with E-state index in [-0.39, 0.29) is 17.4 Å². The van der Waals surface area contributed by atoms with Crippen LogP contribution in [0.15, 0.2) is 18.6 Å². The molecular formula is C12H15N3O2. The molecule has 0 radical (unpaired) electrons. The molecule has 90 valence electrons. The number of hydrogen-bond acceptors (Lipinski definition) is 5. The molecule has 0 amide bonds. The Kier molecular flexibility index (Phi) is 2.36. The van der Waals surface area contributed by atoms with Crippen LogP contribution in [0.4, 0.5) is 0 Å². The minimum atomic E-state index is -0.248. The number of piperidine rings is 1. The fourth-order valence-electron chi connectivity index (χ4n) is 2.95. The lowest BCUT2D eigenvalue weighted by molar-refractivity contribution is -0.146. The third-order valence-electron chi connectivity index (χ3n) is 3.82. The fraction of sp³-hybridized carbons (Fsp3) is 0.583. The molecule has 1 N–H and O–H groups in total. The van der Waals surface area contributed by atoms with Gasteiger partial charge in [0, 0.05) is 11.6 Å². The zero-order chi connectivity index (χ0) is 11.9. The Morgan fingerprint density at radius 3 is 3.24 bits per heavy atom. The number of rotatable bonds is 3. The number of aromatic nitrogens is 2. The minimum Gasteiger partial charge on any atom is -0.465 e. The second kappa shape index (κ2) is 3.77. The van der Waals surface area contributed by atoms with Crippen LogP contribution >= 0.6 is 0 Å². The Morgan fingerprint density at radius 2 is 2.59 bits per heavy atom. The summed E-state index contributed by atoms with van der Waals surface area (Å²) in [6.45, 7) is 3.11. The highest BCUT2D eigenvalue weighted by molar-refractivity contribution is 5.80. The molecule has 1 saturated heterocycles. The molecule has 1 aliphatic carbocycles. The van der Waals surface area contributed by atoms with Gasteiger partial charge in [0.25, 0.3) is 0 Å². The molecule has 1 aromatic rings. The summed E-state index contributed by atoms with van der Waals surface area (Å²) < 4.78 is 5.12. The number of carbonyl (C=O) groups excluding carboxylic acids is 1. The lowest BCUT2D eigenvalue weighted by atomic mass is 9.92. The van der Waals surface area contributed by atoms with Gasteiger partial charge in [-0.2, -0.15) is 0 Å². The van der Waals surface area contributed by atoms with E-state index in [2.05, 4.69) is 15.3 Å². The van der Waals surface area contributed by atoms with Crippen molar-refractivity contribution in [1.82, 2.24) is 15.3 Å². The number of nitrogens with zero attached hydrogens (tertiary/aromatic N) is 2. The van der Waals surface area contributed by atoms with Gasteiger partial charge in [-0.05, 0) is 31.9 Å². The predicted octanol–water partition coefficient (Wildman–Crippen LogP) is 0.269. The quantitative estimate of drug-likeness (QED) is 0.759. The molecule has 0 aromatic carbocycles. The maximum absolute atomic E-state index is 11.9. The number of ether oxygens (including phenoxy) is 1. The van der Waals surface area contributed by atoms with Crippen LogP contribution in [0.5, 0.6) is 0 Å². The second-order valence-electron chi connectivity index (χ2n) is 4.63. The first-order valence-corrected chi connectivity index (χ1v) is 5.95. The van der Waals surface area contributed by atoms with Crippen molar-refractivity contribution < 1.29 is 9.53 Å². The number of nitrogens with one attached hydrogen (secondary N) is 1. The van der Waals surface area contributed by atoms with Crippen LogP contribution in [0.2, 0.25) is 0 Å². The molecule has 1 aliphatic heterocycles. The van der Waals surface area contributed by atoms with Gasteiger partial charge < -0.3 is 10.1 Å². The van der Waals surface area contributed by atoms with Crippen molar-refractivity contribution >= 4 is 5.97 Å². The largest absolute Gasteiger partial charge is 0.465 e. The molecule has 17 heavy (non-hydrogen) atoms. The highest BCUT2D eigenvalue weighted by Crippen LogP contribution is 2.59. The highest BCUT2D eigenvalue weighted by Gasteiger charge is 2.67. The topological polar surface area (TPSA) is 64.1 Å². The van der Waals surface area contributed by atoms with E-state index in [0.717, 1.165) is 18.7 Å². The molecule has 5 heteroatoms. The van der Waals surface area contributed by atoms with Gasteiger partial charge in [-0.3, -0.25) is 4.79 Å².